The van der Waals surface area contributed by atoms with Crippen LogP contribution in [0.3, 0.4) is 0 Å². The van der Waals surface area contributed by atoms with E-state index in [9.17, 15) is 45.6 Å². The summed E-state index contributed by atoms with van der Waals surface area (Å²) in [5.74, 6) is -0.247. The number of aliphatic hydroxyl groups excluding tert-OH is 8. The number of ether oxygens (including phenoxy) is 4. The van der Waals surface area contributed by atoms with Crippen molar-refractivity contribution in [3.8, 4) is 0 Å². The van der Waals surface area contributed by atoms with E-state index in [0.29, 0.717) is 12.8 Å². The number of nitrogens with one attached hydrogen (secondary N) is 1. The Morgan fingerprint density at radius 2 is 0.691 bits per heavy atom. The molecule has 0 radical (unpaired) electrons. The van der Waals surface area contributed by atoms with Gasteiger partial charge in [-0.2, -0.15) is 0 Å². The van der Waals surface area contributed by atoms with Crippen LogP contribution in [0, 0.1) is 0 Å². The summed E-state index contributed by atoms with van der Waals surface area (Å²) in [6.07, 6.45) is 74.6. The highest BCUT2D eigenvalue weighted by molar-refractivity contribution is 5.76. The maximum absolute atomic E-state index is 13.4. The predicted octanol–water partition coefficient (Wildman–Crippen LogP) is 18.7. The van der Waals surface area contributed by atoms with Crippen molar-refractivity contribution in [1.82, 2.24) is 5.32 Å². The molecular weight excluding hydrogens is 1220 g/mol. The normalized spacial score (nSPS) is 22.4. The van der Waals surface area contributed by atoms with Crippen molar-refractivity contribution in [3.05, 3.63) is 60.8 Å². The number of carbonyl (C=O) groups is 1. The van der Waals surface area contributed by atoms with E-state index in [-0.39, 0.29) is 18.9 Å². The van der Waals surface area contributed by atoms with Crippen LogP contribution in [0.5, 0.6) is 0 Å². The Bertz CT molecular complexity index is 1860. The number of hydrogen-bond donors (Lipinski definition) is 9. The Hall–Kier alpha value is -2.31. The molecule has 9 N–H and O–H groups in total. The van der Waals surface area contributed by atoms with Crippen LogP contribution in [0.25, 0.3) is 0 Å². The molecule has 14 nitrogen and oxygen atoms in total. The van der Waals surface area contributed by atoms with Gasteiger partial charge in [0.25, 0.3) is 0 Å². The predicted molar refractivity (Wildman–Crippen MR) is 401 cm³/mol. The summed E-state index contributed by atoms with van der Waals surface area (Å²) in [6, 6.07) is -0.940. The Kier molecular flexibility index (Phi) is 62.6. The summed E-state index contributed by atoms with van der Waals surface area (Å²) in [5, 5.41) is 87.7. The molecule has 97 heavy (non-hydrogen) atoms. The molecule has 2 saturated heterocycles. The maximum atomic E-state index is 13.4. The first-order valence-electron chi connectivity index (χ1n) is 41.0. The number of unbranched alkanes of at least 4 members (excludes halogenated alkanes) is 48. The number of aliphatic hydroxyl groups is 8. The summed E-state index contributed by atoms with van der Waals surface area (Å²) >= 11 is 0. The van der Waals surface area contributed by atoms with Gasteiger partial charge in [0.15, 0.2) is 12.6 Å². The molecule has 1 amide bonds. The second-order valence-corrected chi connectivity index (χ2v) is 28.9. The average Bonchev–Trinajstić information content (AvgIpc) is 0.793. The Morgan fingerprint density at radius 1 is 0.371 bits per heavy atom. The molecule has 2 aliphatic heterocycles. The third-order valence-electron chi connectivity index (χ3n) is 19.9. The fraction of sp³-hybridized carbons (Fsp3) is 0.867. The molecule has 2 aliphatic rings. The zero-order chi connectivity index (χ0) is 70.1. The molecule has 0 aromatic heterocycles. The Morgan fingerprint density at radius 3 is 1.07 bits per heavy atom. The molecule has 2 heterocycles. The van der Waals surface area contributed by atoms with Crippen molar-refractivity contribution in [1.29, 1.82) is 0 Å². The van der Waals surface area contributed by atoms with Gasteiger partial charge in [-0.05, 0) is 77.0 Å². The number of hydrogen-bond acceptors (Lipinski definition) is 13. The van der Waals surface area contributed by atoms with Gasteiger partial charge < -0.3 is 65.1 Å². The van der Waals surface area contributed by atoms with E-state index in [2.05, 4.69) is 67.8 Å². The topological polar surface area (TPSA) is 228 Å². The third-order valence-corrected chi connectivity index (χ3v) is 19.9. The summed E-state index contributed by atoms with van der Waals surface area (Å²) in [4.78, 5) is 13.4. The summed E-state index contributed by atoms with van der Waals surface area (Å²) in [6.45, 7) is 2.82. The lowest BCUT2D eigenvalue weighted by atomic mass is 9.97. The molecule has 0 saturated carbocycles. The zero-order valence-electron chi connectivity index (χ0n) is 62.3. The molecule has 14 heteroatoms. The van der Waals surface area contributed by atoms with Crippen molar-refractivity contribution in [2.24, 2.45) is 0 Å². The molecule has 568 valence electrons. The van der Waals surface area contributed by atoms with E-state index in [0.717, 1.165) is 51.4 Å². The highest BCUT2D eigenvalue weighted by Crippen LogP contribution is 2.30. The number of allylic oxidation sites excluding steroid dienone is 9. The third kappa shape index (κ3) is 49.9. The molecule has 12 atom stereocenters. The Balaban J connectivity index is 1.62. The monoisotopic (exact) mass is 1370 g/mol. The van der Waals surface area contributed by atoms with Gasteiger partial charge in [0.1, 0.15) is 48.8 Å². The van der Waals surface area contributed by atoms with Crippen LogP contribution in [0.4, 0.5) is 0 Å². The first-order chi connectivity index (χ1) is 47.6. The minimum Gasteiger partial charge on any atom is -0.394 e. The molecule has 0 aliphatic carbocycles. The number of rotatable bonds is 69. The first kappa shape index (κ1) is 90.8. The van der Waals surface area contributed by atoms with Crippen molar-refractivity contribution in [2.75, 3.05) is 19.8 Å². The molecule has 12 unspecified atom stereocenters. The second kappa shape index (κ2) is 66.9. The average molecular weight is 1370 g/mol. The van der Waals surface area contributed by atoms with Gasteiger partial charge in [-0.25, -0.2) is 0 Å². The fourth-order valence-corrected chi connectivity index (χ4v) is 13.4. The quantitative estimate of drug-likeness (QED) is 0.0204. The first-order valence-corrected chi connectivity index (χ1v) is 41.0. The lowest BCUT2D eigenvalue weighted by Crippen LogP contribution is -2.65. The largest absolute Gasteiger partial charge is 0.394 e. The molecular formula is C83H153NO13. The lowest BCUT2D eigenvalue weighted by molar-refractivity contribution is -0.359. The molecule has 2 rings (SSSR count). The van der Waals surface area contributed by atoms with Crippen LogP contribution in [-0.2, 0) is 23.7 Å². The van der Waals surface area contributed by atoms with Gasteiger partial charge in [0.05, 0.1) is 32.0 Å². The summed E-state index contributed by atoms with van der Waals surface area (Å²) < 4.78 is 22.9. The van der Waals surface area contributed by atoms with Gasteiger partial charge in [-0.15, -0.1) is 0 Å². The van der Waals surface area contributed by atoms with E-state index in [4.69, 9.17) is 18.9 Å². The minimum atomic E-state index is -1.79. The molecule has 0 spiro atoms. The molecule has 0 bridgehead atoms. The van der Waals surface area contributed by atoms with Crippen molar-refractivity contribution in [2.45, 2.75) is 441 Å². The standard InChI is InChI=1S/C83H153NO13/c1-3-5-7-9-11-13-15-17-19-21-23-25-27-29-31-33-34-35-36-37-38-39-41-43-45-47-49-51-53-55-57-59-61-63-65-67-75(88)84-71(70-94-82-80(93)78(91)81(74(69-86)96-82)97-83-79(92)77(90)76(89)73(68-85)95-83)72(87)66-64-62-60-58-56-54-52-50-48-46-44-42-40-32-30-28-26-24-22-20-18-16-14-12-10-8-6-4-2/h15,17,21,23,48,50,56,58,64,66,71-74,76-83,85-87,89-93H,3-14,16,18-20,22,24-47,49,51-55,57,59-63,65,67-70H2,1-2H3,(H,84,88)/b17-15-,23-21-,50-48+,58-56+,66-64+. The smallest absolute Gasteiger partial charge is 0.220 e. The molecule has 2 fully saturated rings. The maximum Gasteiger partial charge on any atom is 0.220 e. The van der Waals surface area contributed by atoms with E-state index >= 15 is 0 Å². The highest BCUT2D eigenvalue weighted by atomic mass is 16.7. The van der Waals surface area contributed by atoms with Crippen LogP contribution in [0.15, 0.2) is 60.8 Å². The van der Waals surface area contributed by atoms with E-state index in [1.54, 1.807) is 6.08 Å². The minimum absolute atomic E-state index is 0.247. The van der Waals surface area contributed by atoms with E-state index in [1.807, 2.05) is 6.08 Å². The van der Waals surface area contributed by atoms with Gasteiger partial charge in [0, 0.05) is 6.42 Å². The van der Waals surface area contributed by atoms with Gasteiger partial charge in [-0.1, -0.05) is 344 Å². The lowest BCUT2D eigenvalue weighted by Gasteiger charge is -2.46. The second-order valence-electron chi connectivity index (χ2n) is 28.9. The molecule has 0 aromatic carbocycles. The van der Waals surface area contributed by atoms with Crippen LogP contribution < -0.4 is 5.32 Å². The number of carbonyl (C=O) groups excluding carboxylic acids is 1. The Labute approximate surface area is 594 Å². The van der Waals surface area contributed by atoms with Crippen molar-refractivity contribution < 1.29 is 64.6 Å². The van der Waals surface area contributed by atoms with E-state index in [1.165, 1.54) is 283 Å². The fourth-order valence-electron chi connectivity index (χ4n) is 13.4. The molecule has 0 aromatic rings. The SMILES string of the molecule is CCCCCCC/C=C\C/C=C\CCCCCCCCCCCCCCCCCCCCCCCCCC(=O)NC(COC1OC(CO)C(OC2OC(CO)C(O)C(O)C2O)C(O)C1O)C(O)/C=C/CC/C=C/CC/C=C/CCCCCCCCCCCCCCCCCCCC. The van der Waals surface area contributed by atoms with Crippen LogP contribution >= 0.6 is 0 Å². The van der Waals surface area contributed by atoms with E-state index < -0.39 is 86.8 Å². The van der Waals surface area contributed by atoms with Crippen LogP contribution in [0.1, 0.15) is 367 Å². The zero-order valence-corrected chi connectivity index (χ0v) is 62.3. The van der Waals surface area contributed by atoms with Gasteiger partial charge in [-0.3, -0.25) is 4.79 Å². The van der Waals surface area contributed by atoms with Gasteiger partial charge in [0.2, 0.25) is 5.91 Å². The number of amides is 1. The van der Waals surface area contributed by atoms with Crippen molar-refractivity contribution >= 4 is 5.91 Å². The highest BCUT2D eigenvalue weighted by Gasteiger charge is 2.51. The van der Waals surface area contributed by atoms with Crippen LogP contribution in [-0.4, -0.2) is 140 Å². The summed E-state index contributed by atoms with van der Waals surface area (Å²) in [7, 11) is 0. The summed E-state index contributed by atoms with van der Waals surface area (Å²) in [5.41, 5.74) is 0. The van der Waals surface area contributed by atoms with Crippen LogP contribution in [0.2, 0.25) is 0 Å². The van der Waals surface area contributed by atoms with Crippen molar-refractivity contribution in [3.63, 3.8) is 0 Å². The van der Waals surface area contributed by atoms with Gasteiger partial charge >= 0.3 is 0 Å².